The van der Waals surface area contributed by atoms with Crippen LogP contribution in [0.1, 0.15) is 12.0 Å². The highest BCUT2D eigenvalue weighted by atomic mass is 35.5. The van der Waals surface area contributed by atoms with Gasteiger partial charge in [-0.25, -0.2) is 0 Å². The van der Waals surface area contributed by atoms with Gasteiger partial charge >= 0.3 is 0 Å². The molecule has 1 aliphatic rings. The van der Waals surface area contributed by atoms with Crippen molar-refractivity contribution in [1.29, 1.82) is 0 Å². The third kappa shape index (κ3) is 2.71. The number of nitrogens with zero attached hydrogens (tertiary/aromatic N) is 1. The van der Waals surface area contributed by atoms with Crippen LogP contribution < -0.4 is 0 Å². The van der Waals surface area contributed by atoms with Crippen LogP contribution >= 0.6 is 11.6 Å². The molecule has 0 saturated carbocycles. The minimum absolute atomic E-state index is 0.305. The first-order chi connectivity index (χ1) is 7.29. The Morgan fingerprint density at radius 3 is 2.87 bits per heavy atom. The van der Waals surface area contributed by atoms with Crippen LogP contribution in [-0.4, -0.2) is 29.7 Å². The van der Waals surface area contributed by atoms with Gasteiger partial charge in [-0.1, -0.05) is 29.8 Å². The second-order valence-electron chi connectivity index (χ2n) is 4.16. The van der Waals surface area contributed by atoms with E-state index in [0.29, 0.717) is 12.5 Å². The zero-order valence-electron chi connectivity index (χ0n) is 8.69. The predicted molar refractivity (Wildman–Crippen MR) is 61.9 cm³/mol. The Hall–Kier alpha value is -0.570. The number of halogens is 1. The first-order valence-electron chi connectivity index (χ1n) is 5.36. The van der Waals surface area contributed by atoms with Crippen molar-refractivity contribution in [1.82, 2.24) is 4.90 Å². The summed E-state index contributed by atoms with van der Waals surface area (Å²) in [4.78, 5) is 2.35. The third-order valence-electron chi connectivity index (χ3n) is 2.98. The molecule has 2 nitrogen and oxygen atoms in total. The molecule has 1 unspecified atom stereocenters. The predicted octanol–water partition coefficient (Wildman–Crippen LogP) is 2.15. The van der Waals surface area contributed by atoms with Gasteiger partial charge in [-0.3, -0.25) is 4.90 Å². The van der Waals surface area contributed by atoms with Crippen LogP contribution in [0, 0.1) is 5.92 Å². The summed E-state index contributed by atoms with van der Waals surface area (Å²) in [6.07, 6.45) is 1.10. The van der Waals surface area contributed by atoms with Gasteiger partial charge in [0.05, 0.1) is 0 Å². The Morgan fingerprint density at radius 2 is 2.20 bits per heavy atom. The fourth-order valence-electron chi connectivity index (χ4n) is 2.07. The zero-order chi connectivity index (χ0) is 10.7. The van der Waals surface area contributed by atoms with Crippen molar-refractivity contribution in [3.8, 4) is 0 Å². The van der Waals surface area contributed by atoms with E-state index < -0.39 is 0 Å². The Labute approximate surface area is 95.5 Å². The van der Waals surface area contributed by atoms with E-state index in [-0.39, 0.29) is 0 Å². The lowest BCUT2D eigenvalue weighted by Crippen LogP contribution is -2.21. The monoisotopic (exact) mass is 225 g/mol. The van der Waals surface area contributed by atoms with Crippen LogP contribution in [0.3, 0.4) is 0 Å². The van der Waals surface area contributed by atoms with E-state index in [1.54, 1.807) is 0 Å². The van der Waals surface area contributed by atoms with E-state index in [0.717, 1.165) is 31.1 Å². The van der Waals surface area contributed by atoms with Crippen LogP contribution in [0.5, 0.6) is 0 Å². The van der Waals surface area contributed by atoms with Crippen molar-refractivity contribution in [2.45, 2.75) is 13.0 Å². The molecule has 0 amide bonds. The van der Waals surface area contributed by atoms with E-state index in [2.05, 4.69) is 11.0 Å². The Bertz CT molecular complexity index is 329. The lowest BCUT2D eigenvalue weighted by atomic mass is 10.1. The second kappa shape index (κ2) is 4.97. The van der Waals surface area contributed by atoms with E-state index >= 15 is 0 Å². The molecule has 0 aliphatic carbocycles. The molecule has 1 aromatic rings. The number of aliphatic hydroxyl groups is 1. The van der Waals surface area contributed by atoms with E-state index in [9.17, 15) is 0 Å². The number of likely N-dealkylation sites (tertiary alicyclic amines) is 1. The highest BCUT2D eigenvalue weighted by Gasteiger charge is 2.21. The smallest absolute Gasteiger partial charge is 0.0471 e. The number of benzene rings is 1. The van der Waals surface area contributed by atoms with Crippen LogP contribution in [0.4, 0.5) is 0 Å². The van der Waals surface area contributed by atoms with Crippen LogP contribution in [0.15, 0.2) is 24.3 Å². The summed E-state index contributed by atoms with van der Waals surface area (Å²) in [5.41, 5.74) is 1.18. The molecule has 1 heterocycles. The quantitative estimate of drug-likeness (QED) is 0.852. The maximum atomic E-state index is 9.05. The van der Waals surface area contributed by atoms with Gasteiger partial charge in [0.25, 0.3) is 0 Å². The summed E-state index contributed by atoms with van der Waals surface area (Å²) in [5, 5.41) is 9.89. The second-order valence-corrected chi connectivity index (χ2v) is 4.57. The molecule has 1 atom stereocenters. The molecule has 0 radical (unpaired) electrons. The average Bonchev–Trinajstić information content (AvgIpc) is 2.69. The summed E-state index contributed by atoms with van der Waals surface area (Å²) in [6, 6.07) is 7.96. The van der Waals surface area contributed by atoms with E-state index in [1.807, 2.05) is 18.2 Å². The molecule has 0 spiro atoms. The summed E-state index contributed by atoms with van der Waals surface area (Å²) >= 11 is 6.10. The molecule has 0 bridgehead atoms. The molecule has 1 saturated heterocycles. The minimum Gasteiger partial charge on any atom is -0.396 e. The molecule has 1 fully saturated rings. The normalized spacial score (nSPS) is 22.1. The molecule has 1 aromatic carbocycles. The zero-order valence-corrected chi connectivity index (χ0v) is 9.45. The number of hydrogen-bond donors (Lipinski definition) is 1. The fourth-order valence-corrected chi connectivity index (χ4v) is 2.27. The van der Waals surface area contributed by atoms with Gasteiger partial charge in [0.15, 0.2) is 0 Å². The molecule has 2 rings (SSSR count). The lowest BCUT2D eigenvalue weighted by molar-refractivity contribution is 0.220. The Kier molecular flexibility index (Phi) is 3.62. The summed E-state index contributed by atoms with van der Waals surface area (Å²) in [6.45, 7) is 3.26. The van der Waals surface area contributed by atoms with Crippen molar-refractivity contribution >= 4 is 11.6 Å². The van der Waals surface area contributed by atoms with Crippen LogP contribution in [0.25, 0.3) is 0 Å². The standard InChI is InChI=1S/C12H16ClNO/c13-12-4-2-1-3-11(12)8-14-6-5-10(7-14)9-15/h1-4,10,15H,5-9H2. The topological polar surface area (TPSA) is 23.5 Å². The maximum absolute atomic E-state index is 9.05. The molecule has 1 N–H and O–H groups in total. The van der Waals surface area contributed by atoms with Gasteiger partial charge < -0.3 is 5.11 Å². The summed E-state index contributed by atoms with van der Waals surface area (Å²) in [5.74, 6) is 0.451. The van der Waals surface area contributed by atoms with E-state index in [1.165, 1.54) is 5.56 Å². The lowest BCUT2D eigenvalue weighted by Gasteiger charge is -2.16. The Balaban J connectivity index is 1.96. The van der Waals surface area contributed by atoms with Crippen molar-refractivity contribution in [3.63, 3.8) is 0 Å². The van der Waals surface area contributed by atoms with Crippen LogP contribution in [0.2, 0.25) is 5.02 Å². The highest BCUT2D eigenvalue weighted by Crippen LogP contribution is 2.21. The van der Waals surface area contributed by atoms with Crippen LogP contribution in [-0.2, 0) is 6.54 Å². The van der Waals surface area contributed by atoms with Gasteiger partial charge in [-0.05, 0) is 30.5 Å². The van der Waals surface area contributed by atoms with Crippen molar-refractivity contribution in [2.24, 2.45) is 5.92 Å². The van der Waals surface area contributed by atoms with Crippen molar-refractivity contribution in [3.05, 3.63) is 34.9 Å². The fraction of sp³-hybridized carbons (Fsp3) is 0.500. The molecule has 3 heteroatoms. The number of rotatable bonds is 3. The molecule has 0 aromatic heterocycles. The molecular weight excluding hydrogens is 210 g/mol. The van der Waals surface area contributed by atoms with Crippen molar-refractivity contribution in [2.75, 3.05) is 19.7 Å². The number of aliphatic hydroxyl groups excluding tert-OH is 1. The summed E-state index contributed by atoms with van der Waals surface area (Å²) < 4.78 is 0. The maximum Gasteiger partial charge on any atom is 0.0471 e. The summed E-state index contributed by atoms with van der Waals surface area (Å²) in [7, 11) is 0. The largest absolute Gasteiger partial charge is 0.396 e. The van der Waals surface area contributed by atoms with Crippen molar-refractivity contribution < 1.29 is 5.11 Å². The first kappa shape index (κ1) is 10.9. The van der Waals surface area contributed by atoms with Gasteiger partial charge in [-0.2, -0.15) is 0 Å². The minimum atomic E-state index is 0.305. The van der Waals surface area contributed by atoms with E-state index in [4.69, 9.17) is 16.7 Å². The third-order valence-corrected chi connectivity index (χ3v) is 3.35. The van der Waals surface area contributed by atoms with Gasteiger partial charge in [0.2, 0.25) is 0 Å². The van der Waals surface area contributed by atoms with Gasteiger partial charge in [0.1, 0.15) is 0 Å². The molecule has 1 aliphatic heterocycles. The first-order valence-corrected chi connectivity index (χ1v) is 5.74. The SMILES string of the molecule is OCC1CCN(Cc2ccccc2Cl)C1. The highest BCUT2D eigenvalue weighted by molar-refractivity contribution is 6.31. The molecule has 15 heavy (non-hydrogen) atoms. The Morgan fingerprint density at radius 1 is 1.40 bits per heavy atom. The number of hydrogen-bond acceptors (Lipinski definition) is 2. The van der Waals surface area contributed by atoms with Gasteiger partial charge in [-0.15, -0.1) is 0 Å². The average molecular weight is 226 g/mol. The molecule has 82 valence electrons. The molecular formula is C12H16ClNO. The van der Waals surface area contributed by atoms with Gasteiger partial charge in [0, 0.05) is 24.7 Å².